The van der Waals surface area contributed by atoms with Crippen molar-refractivity contribution >= 4 is 11.6 Å². The second-order valence-corrected chi connectivity index (χ2v) is 6.74. The van der Waals surface area contributed by atoms with Crippen LogP contribution in [0.2, 0.25) is 0 Å². The fraction of sp³-hybridized carbons (Fsp3) is 0.0800. The van der Waals surface area contributed by atoms with Gasteiger partial charge in [-0.3, -0.25) is 9.78 Å². The van der Waals surface area contributed by atoms with Crippen LogP contribution in [0.4, 0.5) is 5.69 Å². The van der Waals surface area contributed by atoms with Crippen LogP contribution in [0.25, 0.3) is 0 Å². The predicted octanol–water partition coefficient (Wildman–Crippen LogP) is 4.90. The third kappa shape index (κ3) is 4.89. The van der Waals surface area contributed by atoms with Crippen LogP contribution in [0.1, 0.15) is 21.6 Å². The van der Waals surface area contributed by atoms with Gasteiger partial charge in [-0.1, -0.05) is 60.7 Å². The minimum Gasteiger partial charge on any atom is -0.489 e. The van der Waals surface area contributed by atoms with Gasteiger partial charge in [0, 0.05) is 18.1 Å². The first kappa shape index (κ1) is 19.3. The van der Waals surface area contributed by atoms with Gasteiger partial charge in [0.1, 0.15) is 18.1 Å². The maximum atomic E-state index is 13.1. The predicted molar refractivity (Wildman–Crippen MR) is 116 cm³/mol. The Bertz CT molecular complexity index is 1070. The fourth-order valence-corrected chi connectivity index (χ4v) is 3.05. The standard InChI is InChI=1S/C25H21N3O2/c29-25(24-17-26-15-16-27-24)28(22-9-5-2-6-10-22)18-20-11-13-23(14-12-20)30-19-21-7-3-1-4-8-21/h1-17H,18-19H2. The highest BCUT2D eigenvalue weighted by atomic mass is 16.5. The van der Waals surface area contributed by atoms with Crippen LogP contribution in [-0.2, 0) is 13.2 Å². The quantitative estimate of drug-likeness (QED) is 0.446. The number of anilines is 1. The van der Waals surface area contributed by atoms with Gasteiger partial charge in [0.25, 0.3) is 5.91 Å². The van der Waals surface area contributed by atoms with Crippen LogP contribution in [0.5, 0.6) is 5.75 Å². The Labute approximate surface area is 175 Å². The van der Waals surface area contributed by atoms with E-state index in [1.807, 2.05) is 84.9 Å². The number of nitrogens with zero attached hydrogens (tertiary/aromatic N) is 3. The number of hydrogen-bond donors (Lipinski definition) is 0. The van der Waals surface area contributed by atoms with Crippen molar-refractivity contribution in [3.8, 4) is 5.75 Å². The van der Waals surface area contributed by atoms with E-state index in [1.54, 1.807) is 11.1 Å². The Balaban J connectivity index is 1.49. The van der Waals surface area contributed by atoms with Crippen molar-refractivity contribution in [1.29, 1.82) is 0 Å². The number of aromatic nitrogens is 2. The summed E-state index contributed by atoms with van der Waals surface area (Å²) in [6.07, 6.45) is 4.56. The molecular weight excluding hydrogens is 374 g/mol. The lowest BCUT2D eigenvalue weighted by molar-refractivity contribution is 0.0980. The maximum Gasteiger partial charge on any atom is 0.278 e. The third-order valence-electron chi connectivity index (χ3n) is 4.61. The van der Waals surface area contributed by atoms with E-state index in [0.717, 1.165) is 22.6 Å². The average molecular weight is 395 g/mol. The molecule has 0 aliphatic rings. The average Bonchev–Trinajstić information content (AvgIpc) is 2.83. The van der Waals surface area contributed by atoms with Crippen LogP contribution in [0.15, 0.2) is 104 Å². The third-order valence-corrected chi connectivity index (χ3v) is 4.61. The van der Waals surface area contributed by atoms with Gasteiger partial charge in [0.05, 0.1) is 12.7 Å². The Kier molecular flexibility index (Phi) is 6.11. The summed E-state index contributed by atoms with van der Waals surface area (Å²) in [4.78, 5) is 23.0. The number of amides is 1. The number of carbonyl (C=O) groups is 1. The van der Waals surface area contributed by atoms with E-state index in [1.165, 1.54) is 12.4 Å². The number of para-hydroxylation sites is 1. The van der Waals surface area contributed by atoms with Gasteiger partial charge < -0.3 is 9.64 Å². The highest BCUT2D eigenvalue weighted by molar-refractivity contribution is 6.04. The van der Waals surface area contributed by atoms with Crippen LogP contribution in [-0.4, -0.2) is 15.9 Å². The van der Waals surface area contributed by atoms with Gasteiger partial charge in [-0.2, -0.15) is 0 Å². The summed E-state index contributed by atoms with van der Waals surface area (Å²) in [5.41, 5.74) is 3.22. The largest absolute Gasteiger partial charge is 0.489 e. The van der Waals surface area contributed by atoms with E-state index in [4.69, 9.17) is 4.74 Å². The Hall–Kier alpha value is -3.99. The molecule has 5 heteroatoms. The van der Waals surface area contributed by atoms with Crippen molar-refractivity contribution in [1.82, 2.24) is 9.97 Å². The second-order valence-electron chi connectivity index (χ2n) is 6.74. The molecular formula is C25H21N3O2. The van der Waals surface area contributed by atoms with Crippen molar-refractivity contribution in [3.63, 3.8) is 0 Å². The zero-order valence-corrected chi connectivity index (χ0v) is 16.4. The Morgan fingerprint density at radius 2 is 1.50 bits per heavy atom. The molecule has 0 atom stereocenters. The van der Waals surface area contributed by atoms with Gasteiger partial charge in [-0.15, -0.1) is 0 Å². The molecule has 0 N–H and O–H groups in total. The number of hydrogen-bond acceptors (Lipinski definition) is 4. The summed E-state index contributed by atoms with van der Waals surface area (Å²) in [5, 5.41) is 0. The summed E-state index contributed by atoms with van der Waals surface area (Å²) >= 11 is 0. The SMILES string of the molecule is O=C(c1cnccn1)N(Cc1ccc(OCc2ccccc2)cc1)c1ccccc1. The van der Waals surface area contributed by atoms with E-state index < -0.39 is 0 Å². The van der Waals surface area contributed by atoms with E-state index in [2.05, 4.69) is 9.97 Å². The van der Waals surface area contributed by atoms with Crippen molar-refractivity contribution in [2.75, 3.05) is 4.90 Å². The van der Waals surface area contributed by atoms with Gasteiger partial charge in [-0.05, 0) is 35.4 Å². The highest BCUT2D eigenvalue weighted by Gasteiger charge is 2.19. The molecule has 0 radical (unpaired) electrons. The molecule has 0 unspecified atom stereocenters. The molecule has 3 aromatic carbocycles. The normalized spacial score (nSPS) is 10.4. The summed E-state index contributed by atoms with van der Waals surface area (Å²) in [7, 11) is 0. The zero-order valence-electron chi connectivity index (χ0n) is 16.4. The van der Waals surface area contributed by atoms with Crippen LogP contribution >= 0.6 is 0 Å². The first-order valence-electron chi connectivity index (χ1n) is 9.68. The van der Waals surface area contributed by atoms with E-state index >= 15 is 0 Å². The minimum absolute atomic E-state index is 0.196. The molecule has 4 aromatic rings. The number of benzene rings is 3. The van der Waals surface area contributed by atoms with Gasteiger partial charge in [0.2, 0.25) is 0 Å². The lowest BCUT2D eigenvalue weighted by atomic mass is 10.1. The maximum absolute atomic E-state index is 13.1. The molecule has 0 saturated heterocycles. The van der Waals surface area contributed by atoms with Gasteiger partial charge in [-0.25, -0.2) is 4.98 Å². The van der Waals surface area contributed by atoms with Crippen LogP contribution < -0.4 is 9.64 Å². The molecule has 0 aliphatic heterocycles. The Morgan fingerprint density at radius 3 is 2.17 bits per heavy atom. The molecule has 1 heterocycles. The molecule has 1 aromatic heterocycles. The molecule has 0 spiro atoms. The van der Waals surface area contributed by atoms with Crippen molar-refractivity contribution < 1.29 is 9.53 Å². The van der Waals surface area contributed by atoms with Crippen molar-refractivity contribution in [2.24, 2.45) is 0 Å². The minimum atomic E-state index is -0.196. The molecule has 30 heavy (non-hydrogen) atoms. The summed E-state index contributed by atoms with van der Waals surface area (Å²) in [6.45, 7) is 0.930. The summed E-state index contributed by atoms with van der Waals surface area (Å²) in [5.74, 6) is 0.591. The molecule has 5 nitrogen and oxygen atoms in total. The topological polar surface area (TPSA) is 55.3 Å². The zero-order chi connectivity index (χ0) is 20.6. The molecule has 1 amide bonds. The lowest BCUT2D eigenvalue weighted by Crippen LogP contribution is -2.31. The number of rotatable bonds is 7. The van der Waals surface area contributed by atoms with Crippen LogP contribution in [0.3, 0.4) is 0 Å². The first-order chi connectivity index (χ1) is 14.8. The number of carbonyl (C=O) groups excluding carboxylic acids is 1. The summed E-state index contributed by atoms with van der Waals surface area (Å²) in [6, 6.07) is 27.4. The van der Waals surface area contributed by atoms with Gasteiger partial charge in [0.15, 0.2) is 0 Å². The van der Waals surface area contributed by atoms with Gasteiger partial charge >= 0.3 is 0 Å². The van der Waals surface area contributed by atoms with E-state index in [0.29, 0.717) is 18.8 Å². The van der Waals surface area contributed by atoms with E-state index in [9.17, 15) is 4.79 Å². The van der Waals surface area contributed by atoms with E-state index in [-0.39, 0.29) is 5.91 Å². The fourth-order valence-electron chi connectivity index (χ4n) is 3.05. The monoisotopic (exact) mass is 395 g/mol. The smallest absolute Gasteiger partial charge is 0.278 e. The van der Waals surface area contributed by atoms with Crippen LogP contribution in [0, 0.1) is 0 Å². The molecule has 148 valence electrons. The highest BCUT2D eigenvalue weighted by Crippen LogP contribution is 2.21. The second kappa shape index (κ2) is 9.47. The molecule has 0 saturated carbocycles. The van der Waals surface area contributed by atoms with Crippen molar-refractivity contribution in [3.05, 3.63) is 120 Å². The molecule has 0 fully saturated rings. The molecule has 0 bridgehead atoms. The molecule has 0 aliphatic carbocycles. The summed E-state index contributed by atoms with van der Waals surface area (Å²) < 4.78 is 5.85. The van der Waals surface area contributed by atoms with Crippen molar-refractivity contribution in [2.45, 2.75) is 13.2 Å². The lowest BCUT2D eigenvalue weighted by Gasteiger charge is -2.22. The first-order valence-corrected chi connectivity index (χ1v) is 9.68. The number of ether oxygens (including phenoxy) is 1. The Morgan fingerprint density at radius 1 is 0.800 bits per heavy atom. The molecule has 4 rings (SSSR count).